The van der Waals surface area contributed by atoms with E-state index in [1.807, 2.05) is 24.3 Å². The maximum absolute atomic E-state index is 12.4. The van der Waals surface area contributed by atoms with Crippen molar-refractivity contribution in [2.75, 3.05) is 13.2 Å². The number of hydrogen-bond acceptors (Lipinski definition) is 4. The number of carbonyl (C=O) groups is 2. The van der Waals surface area contributed by atoms with Crippen LogP contribution in [0.3, 0.4) is 0 Å². The highest BCUT2D eigenvalue weighted by atomic mass is 16.6. The lowest BCUT2D eigenvalue weighted by Crippen LogP contribution is -2.22. The first-order valence-corrected chi connectivity index (χ1v) is 7.37. The molecule has 1 amide bonds. The van der Waals surface area contributed by atoms with Crippen molar-refractivity contribution in [3.63, 3.8) is 0 Å². The van der Waals surface area contributed by atoms with Crippen molar-refractivity contribution >= 4 is 22.8 Å². The molecule has 2 aromatic carbocycles. The van der Waals surface area contributed by atoms with Gasteiger partial charge >= 0.3 is 12.1 Å². The molecule has 1 aliphatic heterocycles. The lowest BCUT2D eigenvalue weighted by Gasteiger charge is -2.11. The van der Waals surface area contributed by atoms with Gasteiger partial charge in [-0.15, -0.1) is 0 Å². The molecule has 1 saturated heterocycles. The van der Waals surface area contributed by atoms with Crippen LogP contribution < -0.4 is 5.32 Å². The molecule has 1 aliphatic carbocycles. The van der Waals surface area contributed by atoms with E-state index in [1.165, 1.54) is 16.5 Å². The number of alkyl carbamates (subject to hydrolysis) is 1. The average molecular weight is 297 g/mol. The van der Waals surface area contributed by atoms with Crippen LogP contribution in [0.5, 0.6) is 0 Å². The Hall–Kier alpha value is -2.56. The molecule has 2 aliphatic rings. The number of ether oxygens (including phenoxy) is 2. The molecule has 22 heavy (non-hydrogen) atoms. The summed E-state index contributed by atoms with van der Waals surface area (Å²) >= 11 is 0. The second-order valence-electron chi connectivity index (χ2n) is 5.62. The van der Waals surface area contributed by atoms with Crippen LogP contribution in [0.1, 0.15) is 21.5 Å². The van der Waals surface area contributed by atoms with Gasteiger partial charge in [-0.25, -0.2) is 9.59 Å². The number of carbonyl (C=O) groups excluding carboxylic acids is 2. The number of benzene rings is 2. The van der Waals surface area contributed by atoms with E-state index in [4.69, 9.17) is 9.47 Å². The van der Waals surface area contributed by atoms with E-state index in [0.29, 0.717) is 12.1 Å². The van der Waals surface area contributed by atoms with Crippen molar-refractivity contribution in [3.8, 4) is 0 Å². The van der Waals surface area contributed by atoms with Crippen molar-refractivity contribution < 1.29 is 19.1 Å². The Morgan fingerprint density at radius 1 is 1.23 bits per heavy atom. The Morgan fingerprint density at radius 2 is 2.05 bits per heavy atom. The quantitative estimate of drug-likeness (QED) is 0.882. The molecular formula is C17H15NO4. The van der Waals surface area contributed by atoms with E-state index in [2.05, 4.69) is 11.4 Å². The molecule has 1 fully saturated rings. The van der Waals surface area contributed by atoms with E-state index >= 15 is 0 Å². The van der Waals surface area contributed by atoms with E-state index in [0.717, 1.165) is 18.2 Å². The summed E-state index contributed by atoms with van der Waals surface area (Å²) in [5.74, 6) is -0.376. The second-order valence-corrected chi connectivity index (χ2v) is 5.62. The van der Waals surface area contributed by atoms with Gasteiger partial charge in [-0.3, -0.25) is 0 Å². The predicted octanol–water partition coefficient (Wildman–Crippen LogP) is 2.20. The number of esters is 1. The maximum atomic E-state index is 12.4. The normalized spacial score (nSPS) is 19.1. The third-order valence-corrected chi connectivity index (χ3v) is 4.24. The number of aryl methyl sites for hydroxylation is 2. The van der Waals surface area contributed by atoms with Crippen molar-refractivity contribution in [3.05, 3.63) is 47.0 Å². The predicted molar refractivity (Wildman–Crippen MR) is 79.9 cm³/mol. The van der Waals surface area contributed by atoms with E-state index in [9.17, 15) is 9.59 Å². The lowest BCUT2D eigenvalue weighted by atomic mass is 10.00. The fraction of sp³-hybridized carbons (Fsp3) is 0.294. The first-order chi connectivity index (χ1) is 10.7. The number of hydrogen-bond donors (Lipinski definition) is 1. The van der Waals surface area contributed by atoms with Crippen molar-refractivity contribution in [1.29, 1.82) is 0 Å². The summed E-state index contributed by atoms with van der Waals surface area (Å²) in [6.07, 6.45) is 1.17. The molecule has 0 spiro atoms. The second kappa shape index (κ2) is 5.02. The fourth-order valence-electron chi connectivity index (χ4n) is 3.20. The van der Waals surface area contributed by atoms with Crippen LogP contribution in [0, 0.1) is 0 Å². The third kappa shape index (κ3) is 2.09. The van der Waals surface area contributed by atoms with Crippen LogP contribution >= 0.6 is 0 Å². The summed E-state index contributed by atoms with van der Waals surface area (Å²) in [5.41, 5.74) is 3.15. The molecule has 2 aromatic rings. The molecule has 1 atom stereocenters. The van der Waals surface area contributed by atoms with Crippen LogP contribution in [0.4, 0.5) is 4.79 Å². The highest BCUT2D eigenvalue weighted by Gasteiger charge is 2.25. The zero-order valence-electron chi connectivity index (χ0n) is 11.9. The molecule has 0 radical (unpaired) electrons. The lowest BCUT2D eigenvalue weighted by molar-refractivity contribution is 0.0302. The SMILES string of the molecule is O=C1NC[C@@H](COC(=O)c2ccc3c4c(cccc24)CC3)O1. The molecule has 1 N–H and O–H groups in total. The highest BCUT2D eigenvalue weighted by Crippen LogP contribution is 2.33. The first kappa shape index (κ1) is 13.1. The molecule has 0 aromatic heterocycles. The summed E-state index contributed by atoms with van der Waals surface area (Å²) in [7, 11) is 0. The summed E-state index contributed by atoms with van der Waals surface area (Å²) in [6, 6.07) is 9.88. The van der Waals surface area contributed by atoms with Gasteiger partial charge in [-0.05, 0) is 40.8 Å². The molecule has 5 heteroatoms. The summed E-state index contributed by atoms with van der Waals surface area (Å²) in [6.45, 7) is 0.441. The Kier molecular flexibility index (Phi) is 2.99. The number of cyclic esters (lactones) is 1. The van der Waals surface area contributed by atoms with Crippen LogP contribution in [0.25, 0.3) is 10.8 Å². The van der Waals surface area contributed by atoms with Gasteiger partial charge in [0.2, 0.25) is 0 Å². The molecule has 112 valence electrons. The van der Waals surface area contributed by atoms with Crippen LogP contribution in [0.2, 0.25) is 0 Å². The number of nitrogens with one attached hydrogen (secondary N) is 1. The van der Waals surface area contributed by atoms with Gasteiger partial charge in [0.15, 0.2) is 6.10 Å². The molecule has 1 heterocycles. The molecular weight excluding hydrogens is 282 g/mol. The minimum atomic E-state index is -0.466. The Balaban J connectivity index is 1.59. The van der Waals surface area contributed by atoms with Crippen LogP contribution in [-0.2, 0) is 22.3 Å². The average Bonchev–Trinajstić information content (AvgIpc) is 3.13. The van der Waals surface area contributed by atoms with Gasteiger partial charge < -0.3 is 14.8 Å². The summed E-state index contributed by atoms with van der Waals surface area (Å²) in [5, 5.41) is 4.66. The monoisotopic (exact) mass is 297 g/mol. The molecule has 4 rings (SSSR count). The molecule has 0 saturated carbocycles. The van der Waals surface area contributed by atoms with E-state index in [-0.39, 0.29) is 12.6 Å². The van der Waals surface area contributed by atoms with Gasteiger partial charge in [-0.2, -0.15) is 0 Å². The topological polar surface area (TPSA) is 64.6 Å². The third-order valence-electron chi connectivity index (χ3n) is 4.24. The Labute approximate surface area is 127 Å². The van der Waals surface area contributed by atoms with Crippen molar-refractivity contribution in [1.82, 2.24) is 5.32 Å². The molecule has 5 nitrogen and oxygen atoms in total. The zero-order valence-corrected chi connectivity index (χ0v) is 11.9. The summed E-state index contributed by atoms with van der Waals surface area (Å²) in [4.78, 5) is 23.3. The van der Waals surface area contributed by atoms with Crippen molar-refractivity contribution in [2.24, 2.45) is 0 Å². The molecule has 0 bridgehead atoms. The van der Waals surface area contributed by atoms with Gasteiger partial charge in [0.1, 0.15) is 6.61 Å². The van der Waals surface area contributed by atoms with E-state index < -0.39 is 12.2 Å². The van der Waals surface area contributed by atoms with E-state index in [1.54, 1.807) is 0 Å². The van der Waals surface area contributed by atoms with Gasteiger partial charge in [0.05, 0.1) is 12.1 Å². The van der Waals surface area contributed by atoms with Crippen LogP contribution in [-0.4, -0.2) is 31.3 Å². The van der Waals surface area contributed by atoms with Gasteiger partial charge in [0, 0.05) is 0 Å². The summed E-state index contributed by atoms with van der Waals surface area (Å²) < 4.78 is 10.3. The maximum Gasteiger partial charge on any atom is 0.407 e. The van der Waals surface area contributed by atoms with Gasteiger partial charge in [-0.1, -0.05) is 24.3 Å². The zero-order chi connectivity index (χ0) is 15.1. The standard InChI is InChI=1S/C17H15NO4/c19-16(21-9-12-8-18-17(20)22-12)14-7-6-11-5-4-10-2-1-3-13(14)15(10)11/h1-3,6-7,12H,4-5,8-9H2,(H,18,20)/t12-/m0/s1. The minimum Gasteiger partial charge on any atom is -0.458 e. The minimum absolute atomic E-state index is 0.0699. The van der Waals surface area contributed by atoms with Crippen molar-refractivity contribution in [2.45, 2.75) is 18.9 Å². The Morgan fingerprint density at radius 3 is 2.82 bits per heavy atom. The Bertz CT molecular complexity index is 773. The van der Waals surface area contributed by atoms with Gasteiger partial charge in [0.25, 0.3) is 0 Å². The largest absolute Gasteiger partial charge is 0.458 e. The fourth-order valence-corrected chi connectivity index (χ4v) is 3.20. The smallest absolute Gasteiger partial charge is 0.407 e. The van der Waals surface area contributed by atoms with Crippen LogP contribution in [0.15, 0.2) is 30.3 Å². The molecule has 0 unspecified atom stereocenters. The highest BCUT2D eigenvalue weighted by molar-refractivity contribution is 6.07. The number of amides is 1. The first-order valence-electron chi connectivity index (χ1n) is 7.37. The number of rotatable bonds is 3.